The minimum atomic E-state index is 0.0743. The molecule has 0 radical (unpaired) electrons. The summed E-state index contributed by atoms with van der Waals surface area (Å²) in [5.41, 5.74) is 0.295. The Morgan fingerprint density at radius 3 is 1.65 bits per heavy atom. The second-order valence-electron chi connectivity index (χ2n) is 9.73. The maximum Gasteiger partial charge on any atom is 0.138 e. The average molecular weight is 281 g/mol. The summed E-state index contributed by atoms with van der Waals surface area (Å²) in [5, 5.41) is 0. The van der Waals surface area contributed by atoms with E-state index in [4.69, 9.17) is 0 Å². The van der Waals surface area contributed by atoms with Crippen LogP contribution in [0.1, 0.15) is 75.7 Å². The lowest BCUT2D eigenvalue weighted by molar-refractivity contribution is -0.148. The number of Topliss-reactive ketones (excluding diaryl/α,β-unsaturated/α-hetero) is 1. The lowest BCUT2D eigenvalue weighted by atomic mass is 9.67. The van der Waals surface area contributed by atoms with Crippen LogP contribution in [0, 0.1) is 16.7 Å². The standard InChI is InChI=1S/C18H35NO/c1-12-13(20)11-14(16(2,3)4)19(18(8,9)10)15(12)17(5,6)7/h12,14-15H,11H2,1-10H3. The molecule has 3 atom stereocenters. The number of carbonyl (C=O) groups is 1. The van der Waals surface area contributed by atoms with E-state index >= 15 is 0 Å². The molecule has 1 heterocycles. The number of piperidine rings is 1. The predicted octanol–water partition coefficient (Wildman–Crippen LogP) is 4.53. The van der Waals surface area contributed by atoms with Gasteiger partial charge in [-0.05, 0) is 31.6 Å². The molecule has 0 aromatic rings. The van der Waals surface area contributed by atoms with Crippen LogP contribution in [0.25, 0.3) is 0 Å². The smallest absolute Gasteiger partial charge is 0.138 e. The summed E-state index contributed by atoms with van der Waals surface area (Å²) >= 11 is 0. The van der Waals surface area contributed by atoms with Crippen molar-refractivity contribution in [2.24, 2.45) is 16.7 Å². The van der Waals surface area contributed by atoms with E-state index in [2.05, 4.69) is 74.1 Å². The number of nitrogens with zero attached hydrogens (tertiary/aromatic N) is 1. The Hall–Kier alpha value is -0.370. The van der Waals surface area contributed by atoms with Gasteiger partial charge in [0.15, 0.2) is 0 Å². The Labute approximate surface area is 126 Å². The van der Waals surface area contributed by atoms with Crippen LogP contribution in [-0.2, 0) is 4.79 Å². The molecule has 0 aromatic heterocycles. The molecule has 0 amide bonds. The molecule has 0 N–H and O–H groups in total. The third kappa shape index (κ3) is 3.44. The molecule has 0 saturated carbocycles. The first-order chi connectivity index (χ1) is 8.67. The highest BCUT2D eigenvalue weighted by Gasteiger charge is 2.51. The van der Waals surface area contributed by atoms with E-state index in [0.29, 0.717) is 24.3 Å². The molecule has 3 unspecified atom stereocenters. The summed E-state index contributed by atoms with van der Waals surface area (Å²) in [4.78, 5) is 15.2. The number of hydrogen-bond donors (Lipinski definition) is 0. The van der Waals surface area contributed by atoms with Crippen molar-refractivity contribution in [3.63, 3.8) is 0 Å². The Morgan fingerprint density at radius 2 is 1.35 bits per heavy atom. The van der Waals surface area contributed by atoms with Crippen molar-refractivity contribution < 1.29 is 4.79 Å². The quantitative estimate of drug-likeness (QED) is 0.650. The Morgan fingerprint density at radius 1 is 0.900 bits per heavy atom. The van der Waals surface area contributed by atoms with Gasteiger partial charge in [0.25, 0.3) is 0 Å². The van der Waals surface area contributed by atoms with Gasteiger partial charge in [-0.1, -0.05) is 48.5 Å². The SMILES string of the molecule is CC1C(=O)CC(C(C)(C)C)N(C(C)(C)C)C1C(C)(C)C. The first kappa shape index (κ1) is 17.7. The molecule has 1 aliphatic heterocycles. The molecular weight excluding hydrogens is 246 g/mol. The first-order valence-electron chi connectivity index (χ1n) is 7.98. The van der Waals surface area contributed by atoms with Crippen LogP contribution in [0.3, 0.4) is 0 Å². The lowest BCUT2D eigenvalue weighted by Gasteiger charge is -2.58. The van der Waals surface area contributed by atoms with Crippen LogP contribution < -0.4 is 0 Å². The highest BCUT2D eigenvalue weighted by Crippen LogP contribution is 2.45. The van der Waals surface area contributed by atoms with Crippen LogP contribution in [0.4, 0.5) is 0 Å². The topological polar surface area (TPSA) is 20.3 Å². The summed E-state index contributed by atoms with van der Waals surface area (Å²) in [6.07, 6.45) is 0.689. The fourth-order valence-electron chi connectivity index (χ4n) is 3.86. The Kier molecular flexibility index (Phi) is 4.53. The summed E-state index contributed by atoms with van der Waals surface area (Å²) in [5.74, 6) is 0.554. The van der Waals surface area contributed by atoms with Gasteiger partial charge in [-0.15, -0.1) is 0 Å². The molecule has 0 spiro atoms. The molecular formula is C18H35NO. The molecule has 2 nitrogen and oxygen atoms in total. The van der Waals surface area contributed by atoms with E-state index in [1.807, 2.05) is 0 Å². The number of rotatable bonds is 0. The minimum Gasteiger partial charge on any atom is -0.299 e. The number of carbonyl (C=O) groups excluding carboxylic acids is 1. The molecule has 0 aliphatic carbocycles. The normalized spacial score (nSPS) is 30.7. The van der Waals surface area contributed by atoms with Crippen molar-refractivity contribution in [1.82, 2.24) is 4.90 Å². The molecule has 1 saturated heterocycles. The van der Waals surface area contributed by atoms with Gasteiger partial charge in [-0.2, -0.15) is 0 Å². The summed E-state index contributed by atoms with van der Waals surface area (Å²) in [6.45, 7) is 22.6. The van der Waals surface area contributed by atoms with Gasteiger partial charge in [0.2, 0.25) is 0 Å². The van der Waals surface area contributed by atoms with Gasteiger partial charge in [0.1, 0.15) is 5.78 Å². The molecule has 1 fully saturated rings. The fourth-order valence-corrected chi connectivity index (χ4v) is 3.86. The van der Waals surface area contributed by atoms with Crippen molar-refractivity contribution in [2.45, 2.75) is 93.3 Å². The molecule has 20 heavy (non-hydrogen) atoms. The third-order valence-electron chi connectivity index (χ3n) is 4.67. The molecule has 1 aliphatic rings. The largest absolute Gasteiger partial charge is 0.299 e. The summed E-state index contributed by atoms with van der Waals surface area (Å²) < 4.78 is 0. The summed E-state index contributed by atoms with van der Waals surface area (Å²) in [7, 11) is 0. The van der Waals surface area contributed by atoms with E-state index in [9.17, 15) is 4.79 Å². The third-order valence-corrected chi connectivity index (χ3v) is 4.67. The Bertz CT molecular complexity index is 364. The van der Waals surface area contributed by atoms with E-state index in [0.717, 1.165) is 0 Å². The van der Waals surface area contributed by atoms with Crippen LogP contribution in [0.5, 0.6) is 0 Å². The minimum absolute atomic E-state index is 0.0743. The molecule has 0 bridgehead atoms. The zero-order chi connectivity index (χ0) is 16.1. The van der Waals surface area contributed by atoms with Gasteiger partial charge >= 0.3 is 0 Å². The average Bonchev–Trinajstić information content (AvgIpc) is 2.15. The van der Waals surface area contributed by atoms with Crippen molar-refractivity contribution in [2.75, 3.05) is 0 Å². The van der Waals surface area contributed by atoms with Crippen molar-refractivity contribution in [3.8, 4) is 0 Å². The molecule has 2 heteroatoms. The van der Waals surface area contributed by atoms with Gasteiger partial charge in [0.05, 0.1) is 0 Å². The predicted molar refractivity (Wildman–Crippen MR) is 86.9 cm³/mol. The second kappa shape index (κ2) is 5.12. The van der Waals surface area contributed by atoms with Gasteiger partial charge in [0, 0.05) is 30.0 Å². The van der Waals surface area contributed by atoms with Gasteiger partial charge in [-0.25, -0.2) is 0 Å². The van der Waals surface area contributed by atoms with E-state index in [-0.39, 0.29) is 22.3 Å². The lowest BCUT2D eigenvalue weighted by Crippen LogP contribution is -2.67. The van der Waals surface area contributed by atoms with Gasteiger partial charge in [-0.3, -0.25) is 9.69 Å². The van der Waals surface area contributed by atoms with Crippen LogP contribution >= 0.6 is 0 Å². The van der Waals surface area contributed by atoms with E-state index in [1.54, 1.807) is 0 Å². The van der Waals surface area contributed by atoms with Crippen molar-refractivity contribution in [1.29, 1.82) is 0 Å². The van der Waals surface area contributed by atoms with Crippen molar-refractivity contribution in [3.05, 3.63) is 0 Å². The zero-order valence-electron chi connectivity index (χ0n) is 15.3. The fraction of sp³-hybridized carbons (Fsp3) is 0.944. The molecule has 0 aromatic carbocycles. The highest BCUT2D eigenvalue weighted by molar-refractivity contribution is 5.83. The zero-order valence-corrected chi connectivity index (χ0v) is 15.3. The maximum atomic E-state index is 12.6. The van der Waals surface area contributed by atoms with Crippen LogP contribution in [-0.4, -0.2) is 28.3 Å². The van der Waals surface area contributed by atoms with Crippen LogP contribution in [0.15, 0.2) is 0 Å². The second-order valence-corrected chi connectivity index (χ2v) is 9.73. The van der Waals surface area contributed by atoms with Gasteiger partial charge < -0.3 is 0 Å². The number of ketones is 1. The maximum absolute atomic E-state index is 12.6. The molecule has 118 valence electrons. The molecule has 1 rings (SSSR count). The Balaban J connectivity index is 3.39. The highest BCUT2D eigenvalue weighted by atomic mass is 16.1. The van der Waals surface area contributed by atoms with E-state index in [1.165, 1.54) is 0 Å². The van der Waals surface area contributed by atoms with Crippen LogP contribution in [0.2, 0.25) is 0 Å². The number of hydrogen-bond acceptors (Lipinski definition) is 2. The number of likely N-dealkylation sites (tertiary alicyclic amines) is 1. The summed E-state index contributed by atoms with van der Waals surface area (Å²) in [6, 6.07) is 0.614. The first-order valence-corrected chi connectivity index (χ1v) is 7.98. The van der Waals surface area contributed by atoms with E-state index < -0.39 is 0 Å². The monoisotopic (exact) mass is 281 g/mol. The van der Waals surface area contributed by atoms with Crippen molar-refractivity contribution >= 4 is 5.78 Å².